The van der Waals surface area contributed by atoms with Crippen molar-refractivity contribution in [3.63, 3.8) is 0 Å². The van der Waals surface area contributed by atoms with Crippen molar-refractivity contribution in [1.82, 2.24) is 4.90 Å². The third kappa shape index (κ3) is 4.05. The maximum absolute atomic E-state index is 12.8. The zero-order valence-corrected chi connectivity index (χ0v) is 9.72. The lowest BCUT2D eigenvalue weighted by Gasteiger charge is -2.30. The van der Waals surface area contributed by atoms with Crippen LogP contribution in [-0.4, -0.2) is 48.0 Å². The van der Waals surface area contributed by atoms with E-state index in [0.29, 0.717) is 19.6 Å². The van der Waals surface area contributed by atoms with Gasteiger partial charge in [0.2, 0.25) is 0 Å². The van der Waals surface area contributed by atoms with Crippen molar-refractivity contribution in [2.24, 2.45) is 5.73 Å². The minimum Gasteiger partial charge on any atom is -0.395 e. The summed E-state index contributed by atoms with van der Waals surface area (Å²) in [5.41, 5.74) is 6.59. The molecule has 1 rings (SSSR count). The van der Waals surface area contributed by atoms with Crippen molar-refractivity contribution in [3.05, 3.63) is 35.6 Å². The molecule has 0 heterocycles. The van der Waals surface area contributed by atoms with Gasteiger partial charge in [0.15, 0.2) is 0 Å². The van der Waals surface area contributed by atoms with Crippen LogP contribution in [0.1, 0.15) is 11.6 Å². The first-order valence-corrected chi connectivity index (χ1v) is 5.64. The van der Waals surface area contributed by atoms with Gasteiger partial charge in [0.25, 0.3) is 0 Å². The number of halogens is 1. The number of rotatable bonds is 7. The number of nitrogens with zero attached hydrogens (tertiary/aromatic N) is 1. The van der Waals surface area contributed by atoms with E-state index in [-0.39, 0.29) is 25.1 Å². The van der Waals surface area contributed by atoms with Gasteiger partial charge in [-0.1, -0.05) is 12.1 Å². The lowest BCUT2D eigenvalue weighted by Crippen LogP contribution is -2.37. The molecule has 0 aliphatic heterocycles. The van der Waals surface area contributed by atoms with Crippen LogP contribution in [0, 0.1) is 5.82 Å². The van der Waals surface area contributed by atoms with Gasteiger partial charge in [-0.05, 0) is 17.7 Å². The standard InChI is InChI=1S/C12H19FN2O2/c13-11-3-1-10(2-4-11)12(9-14)15(5-7-16)6-8-17/h1-4,12,16-17H,5-9,14H2. The molecule has 0 spiro atoms. The average Bonchev–Trinajstić information content (AvgIpc) is 2.33. The molecule has 0 aliphatic carbocycles. The zero-order chi connectivity index (χ0) is 12.7. The van der Waals surface area contributed by atoms with Crippen molar-refractivity contribution >= 4 is 0 Å². The van der Waals surface area contributed by atoms with Gasteiger partial charge >= 0.3 is 0 Å². The Bertz CT molecular complexity index is 313. The third-order valence-corrected chi connectivity index (χ3v) is 2.69. The van der Waals surface area contributed by atoms with Crippen LogP contribution in [0.3, 0.4) is 0 Å². The fourth-order valence-electron chi connectivity index (χ4n) is 1.86. The Morgan fingerprint density at radius 3 is 2.06 bits per heavy atom. The second kappa shape index (κ2) is 7.34. The Hall–Kier alpha value is -1.01. The molecular weight excluding hydrogens is 223 g/mol. The monoisotopic (exact) mass is 242 g/mol. The first-order valence-electron chi connectivity index (χ1n) is 5.64. The van der Waals surface area contributed by atoms with Crippen LogP contribution in [0.25, 0.3) is 0 Å². The number of aliphatic hydroxyl groups is 2. The van der Waals surface area contributed by atoms with Crippen molar-refractivity contribution in [3.8, 4) is 0 Å². The van der Waals surface area contributed by atoms with Crippen molar-refractivity contribution < 1.29 is 14.6 Å². The van der Waals surface area contributed by atoms with Gasteiger partial charge in [-0.25, -0.2) is 4.39 Å². The highest BCUT2D eigenvalue weighted by Crippen LogP contribution is 2.19. The quantitative estimate of drug-likeness (QED) is 0.635. The van der Waals surface area contributed by atoms with Crippen molar-refractivity contribution in [2.45, 2.75) is 6.04 Å². The highest BCUT2D eigenvalue weighted by Gasteiger charge is 2.18. The van der Waals surface area contributed by atoms with Gasteiger partial charge in [-0.15, -0.1) is 0 Å². The van der Waals surface area contributed by atoms with E-state index in [9.17, 15) is 4.39 Å². The van der Waals surface area contributed by atoms with E-state index in [1.54, 1.807) is 12.1 Å². The summed E-state index contributed by atoms with van der Waals surface area (Å²) < 4.78 is 12.8. The summed E-state index contributed by atoms with van der Waals surface area (Å²) in [7, 11) is 0. The SMILES string of the molecule is NCC(c1ccc(F)cc1)N(CCO)CCO. The summed E-state index contributed by atoms with van der Waals surface area (Å²) in [5, 5.41) is 17.9. The third-order valence-electron chi connectivity index (χ3n) is 2.69. The Labute approximate surface area is 100 Å². The predicted octanol–water partition coefficient (Wildman–Crippen LogP) is 0.112. The molecule has 4 N–H and O–H groups in total. The summed E-state index contributed by atoms with van der Waals surface area (Å²) in [6.07, 6.45) is 0. The van der Waals surface area contributed by atoms with Crippen LogP contribution in [-0.2, 0) is 0 Å². The van der Waals surface area contributed by atoms with E-state index in [1.807, 2.05) is 4.90 Å². The summed E-state index contributed by atoms with van der Waals surface area (Å²) >= 11 is 0. The minimum atomic E-state index is -0.291. The highest BCUT2D eigenvalue weighted by molar-refractivity contribution is 5.20. The summed E-state index contributed by atoms with van der Waals surface area (Å²) in [5.74, 6) is -0.291. The molecule has 0 aromatic heterocycles. The van der Waals surface area contributed by atoms with Crippen LogP contribution in [0.5, 0.6) is 0 Å². The average molecular weight is 242 g/mol. The molecule has 0 amide bonds. The Kier molecular flexibility index (Phi) is 6.07. The molecule has 1 atom stereocenters. The van der Waals surface area contributed by atoms with Gasteiger partial charge in [0.1, 0.15) is 5.82 Å². The maximum Gasteiger partial charge on any atom is 0.123 e. The van der Waals surface area contributed by atoms with Gasteiger partial charge < -0.3 is 15.9 Å². The van der Waals surface area contributed by atoms with E-state index < -0.39 is 0 Å². The van der Waals surface area contributed by atoms with E-state index >= 15 is 0 Å². The smallest absolute Gasteiger partial charge is 0.123 e. The van der Waals surface area contributed by atoms with E-state index in [1.165, 1.54) is 12.1 Å². The fraction of sp³-hybridized carbons (Fsp3) is 0.500. The second-order valence-electron chi connectivity index (χ2n) is 3.79. The minimum absolute atomic E-state index is 0.00229. The molecule has 17 heavy (non-hydrogen) atoms. The molecule has 1 aromatic rings. The van der Waals surface area contributed by atoms with Gasteiger partial charge in [0.05, 0.1) is 13.2 Å². The molecule has 0 bridgehead atoms. The van der Waals surface area contributed by atoms with Crippen molar-refractivity contribution in [1.29, 1.82) is 0 Å². The molecule has 0 radical (unpaired) electrons. The molecular formula is C12H19FN2O2. The van der Waals surface area contributed by atoms with E-state index in [0.717, 1.165) is 5.56 Å². The zero-order valence-electron chi connectivity index (χ0n) is 9.72. The van der Waals surface area contributed by atoms with Crippen LogP contribution < -0.4 is 5.73 Å². The van der Waals surface area contributed by atoms with Crippen LogP contribution in [0.2, 0.25) is 0 Å². The predicted molar refractivity (Wildman–Crippen MR) is 63.9 cm³/mol. The first-order chi connectivity index (χ1) is 8.22. The largest absolute Gasteiger partial charge is 0.395 e. The topological polar surface area (TPSA) is 69.7 Å². The lowest BCUT2D eigenvalue weighted by molar-refractivity contribution is 0.124. The van der Waals surface area contributed by atoms with Gasteiger partial charge in [0, 0.05) is 25.7 Å². The summed E-state index contributed by atoms with van der Waals surface area (Å²) in [4.78, 5) is 1.88. The van der Waals surface area contributed by atoms with Gasteiger partial charge in [-0.2, -0.15) is 0 Å². The maximum atomic E-state index is 12.8. The molecule has 1 aromatic carbocycles. The molecule has 0 saturated carbocycles. The van der Waals surface area contributed by atoms with Gasteiger partial charge in [-0.3, -0.25) is 4.90 Å². The molecule has 0 saturated heterocycles. The normalized spacial score (nSPS) is 13.0. The lowest BCUT2D eigenvalue weighted by atomic mass is 10.1. The Morgan fingerprint density at radius 2 is 1.65 bits per heavy atom. The number of nitrogens with two attached hydrogens (primary N) is 1. The molecule has 0 aliphatic rings. The van der Waals surface area contributed by atoms with Crippen LogP contribution in [0.15, 0.2) is 24.3 Å². The second-order valence-corrected chi connectivity index (χ2v) is 3.79. The molecule has 0 fully saturated rings. The first kappa shape index (κ1) is 14.1. The molecule has 1 unspecified atom stereocenters. The highest BCUT2D eigenvalue weighted by atomic mass is 19.1. The van der Waals surface area contributed by atoms with E-state index in [4.69, 9.17) is 15.9 Å². The van der Waals surface area contributed by atoms with Crippen LogP contribution in [0.4, 0.5) is 4.39 Å². The molecule has 5 heteroatoms. The number of benzene rings is 1. The number of hydrogen-bond acceptors (Lipinski definition) is 4. The summed E-state index contributed by atoms with van der Waals surface area (Å²) in [6, 6.07) is 6.00. The Balaban J connectivity index is 2.83. The van der Waals surface area contributed by atoms with Crippen molar-refractivity contribution in [2.75, 3.05) is 32.8 Å². The fourth-order valence-corrected chi connectivity index (χ4v) is 1.86. The molecule has 96 valence electrons. The summed E-state index contributed by atoms with van der Waals surface area (Å²) in [6.45, 7) is 1.21. The molecule has 4 nitrogen and oxygen atoms in total. The number of hydrogen-bond donors (Lipinski definition) is 3. The van der Waals surface area contributed by atoms with Crippen LogP contribution >= 0.6 is 0 Å². The number of aliphatic hydroxyl groups excluding tert-OH is 2. The van der Waals surface area contributed by atoms with E-state index in [2.05, 4.69) is 0 Å². The Morgan fingerprint density at radius 1 is 1.12 bits per heavy atom.